The molecule has 4 amide bonds. The molecule has 2 fully saturated rings. The molecule has 1 atom stereocenters. The average molecular weight is 782 g/mol. The largest absolute Gasteiger partial charge is 0.384 e. The Morgan fingerprint density at radius 1 is 0.914 bits per heavy atom. The van der Waals surface area contributed by atoms with Gasteiger partial charge in [0.05, 0.1) is 29.2 Å². The molecular weight excluding hydrogens is 743 g/mol. The summed E-state index contributed by atoms with van der Waals surface area (Å²) in [5.74, 6) is -1.20. The molecule has 0 bridgehead atoms. The Morgan fingerprint density at radius 3 is 2.57 bits per heavy atom. The van der Waals surface area contributed by atoms with Crippen molar-refractivity contribution in [3.8, 4) is 11.4 Å². The molecule has 19 heteroatoms. The maximum atomic E-state index is 13.4. The number of nitrogen functional groups attached to an aromatic ring is 1. The maximum Gasteiger partial charge on any atom is 0.264 e. The van der Waals surface area contributed by atoms with E-state index in [1.54, 1.807) is 30.6 Å². The molecule has 7 heterocycles. The fourth-order valence-electron chi connectivity index (χ4n) is 7.58. The standard InChI is InChI=1S/C39H39N15O4/c40-32-20-41-19-29(45-32)30-23-52-14-12-43-36(52)35(46-30)44-24-5-7-26(8-6-24)51-17-15-50(16-18-51)21-25-22-53(49-48-25)13-2-11-42-28-4-1-3-27-34(28)39(58)54(38(27)57)31-9-10-33(55)47-37(31)56/h1,3-8,12,14,19-20,22-23,31,42H,2,9-11,13,15-18,21H2,(H2,40,45)(H,44,46)(H,47,55,56). The molecule has 19 nitrogen and oxygen atoms in total. The highest BCUT2D eigenvalue weighted by atomic mass is 16.2. The topological polar surface area (TPSA) is 227 Å². The predicted octanol–water partition coefficient (Wildman–Crippen LogP) is 2.33. The fourth-order valence-corrected chi connectivity index (χ4v) is 7.58. The van der Waals surface area contributed by atoms with Gasteiger partial charge in [-0.3, -0.25) is 44.0 Å². The quantitative estimate of drug-likeness (QED) is 0.103. The molecule has 2 saturated heterocycles. The van der Waals surface area contributed by atoms with Crippen LogP contribution in [0.15, 0.2) is 79.6 Å². The van der Waals surface area contributed by atoms with Gasteiger partial charge in [0.25, 0.3) is 11.8 Å². The third-order valence-electron chi connectivity index (χ3n) is 10.5. The molecule has 294 valence electrons. The van der Waals surface area contributed by atoms with Gasteiger partial charge in [0.15, 0.2) is 11.5 Å². The van der Waals surface area contributed by atoms with E-state index in [4.69, 9.17) is 10.7 Å². The van der Waals surface area contributed by atoms with Crippen molar-refractivity contribution in [3.63, 3.8) is 0 Å². The molecule has 0 radical (unpaired) electrons. The summed E-state index contributed by atoms with van der Waals surface area (Å²) in [4.78, 5) is 74.0. The van der Waals surface area contributed by atoms with E-state index in [-0.39, 0.29) is 24.0 Å². The molecule has 58 heavy (non-hydrogen) atoms. The van der Waals surface area contributed by atoms with Crippen molar-refractivity contribution in [3.05, 3.63) is 96.5 Å². The summed E-state index contributed by atoms with van der Waals surface area (Å²) in [6.45, 7) is 5.31. The van der Waals surface area contributed by atoms with E-state index in [0.717, 1.165) is 48.1 Å². The number of hydrogen-bond acceptors (Lipinski definition) is 15. The second kappa shape index (κ2) is 15.3. The number of aromatic nitrogens is 8. The smallest absolute Gasteiger partial charge is 0.264 e. The third-order valence-corrected chi connectivity index (χ3v) is 10.5. The minimum absolute atomic E-state index is 0.0708. The number of nitrogens with two attached hydrogens (primary N) is 1. The number of carbonyl (C=O) groups excluding carboxylic acids is 4. The molecule has 6 aromatic rings. The van der Waals surface area contributed by atoms with Gasteiger partial charge in [0.2, 0.25) is 11.8 Å². The Morgan fingerprint density at radius 2 is 1.76 bits per heavy atom. The SMILES string of the molecule is Nc1cncc(-c2cn3ccnc3c(Nc3ccc(N4CCN(Cc5cn(CCCNc6cccc7c6C(=O)N(C6CCC(=O)NC6=O)C7=O)nn5)CC4)cc3)n2)n1. The van der Waals surface area contributed by atoms with E-state index in [1.165, 1.54) is 6.20 Å². The van der Waals surface area contributed by atoms with Gasteiger partial charge in [-0.05, 0) is 49.2 Å². The minimum atomic E-state index is -1.01. The zero-order chi connectivity index (χ0) is 39.8. The highest BCUT2D eigenvalue weighted by molar-refractivity contribution is 6.25. The summed E-state index contributed by atoms with van der Waals surface area (Å²) < 4.78 is 3.70. The molecule has 0 saturated carbocycles. The first-order valence-electron chi connectivity index (χ1n) is 19.0. The number of hydrogen-bond donors (Lipinski definition) is 4. The molecule has 9 rings (SSSR count). The number of nitrogens with zero attached hydrogens (tertiary/aromatic N) is 11. The van der Waals surface area contributed by atoms with Crippen LogP contribution in [0.3, 0.4) is 0 Å². The van der Waals surface area contributed by atoms with Gasteiger partial charge in [-0.1, -0.05) is 11.3 Å². The summed E-state index contributed by atoms with van der Waals surface area (Å²) >= 11 is 0. The molecule has 3 aliphatic heterocycles. The van der Waals surface area contributed by atoms with Gasteiger partial charge in [-0.2, -0.15) is 0 Å². The van der Waals surface area contributed by atoms with E-state index < -0.39 is 29.7 Å². The highest BCUT2D eigenvalue weighted by Gasteiger charge is 2.45. The molecule has 5 N–H and O–H groups in total. The number of nitrogens with one attached hydrogen (secondary N) is 3. The van der Waals surface area contributed by atoms with Gasteiger partial charge in [0.1, 0.15) is 23.2 Å². The number of imidazole rings is 1. The second-order valence-corrected chi connectivity index (χ2v) is 14.3. The summed E-state index contributed by atoms with van der Waals surface area (Å²) in [7, 11) is 0. The van der Waals surface area contributed by atoms with Gasteiger partial charge in [-0.25, -0.2) is 15.0 Å². The number of piperidine rings is 1. The number of aryl methyl sites for hydroxylation is 1. The number of fused-ring (bicyclic) bond motifs is 2. The number of benzene rings is 2. The van der Waals surface area contributed by atoms with Crippen LogP contribution in [0.4, 0.5) is 28.7 Å². The fraction of sp³-hybridized carbons (Fsp3) is 0.282. The van der Waals surface area contributed by atoms with Crippen molar-refractivity contribution in [2.75, 3.05) is 54.0 Å². The number of imide groups is 2. The monoisotopic (exact) mass is 781 g/mol. The maximum absolute atomic E-state index is 13.4. The molecule has 4 aromatic heterocycles. The Bertz CT molecular complexity index is 2540. The average Bonchev–Trinajstić information content (AvgIpc) is 3.96. The molecule has 0 aliphatic carbocycles. The first-order valence-corrected chi connectivity index (χ1v) is 19.0. The van der Waals surface area contributed by atoms with Crippen molar-refractivity contribution in [2.24, 2.45) is 0 Å². The first kappa shape index (κ1) is 36.4. The lowest BCUT2D eigenvalue weighted by atomic mass is 10.0. The predicted molar refractivity (Wildman–Crippen MR) is 212 cm³/mol. The Kier molecular flexibility index (Phi) is 9.62. The zero-order valence-electron chi connectivity index (χ0n) is 31.3. The van der Waals surface area contributed by atoms with Crippen LogP contribution < -0.4 is 26.6 Å². The third kappa shape index (κ3) is 7.25. The normalized spacial score (nSPS) is 17.2. The van der Waals surface area contributed by atoms with Crippen LogP contribution in [-0.4, -0.2) is 112 Å². The van der Waals surface area contributed by atoms with Crippen molar-refractivity contribution < 1.29 is 19.2 Å². The molecule has 3 aliphatic rings. The summed E-state index contributed by atoms with van der Waals surface area (Å²) in [5, 5.41) is 17.6. The molecule has 0 spiro atoms. The number of rotatable bonds is 12. The van der Waals surface area contributed by atoms with Crippen LogP contribution >= 0.6 is 0 Å². The lowest BCUT2D eigenvalue weighted by Crippen LogP contribution is -2.54. The van der Waals surface area contributed by atoms with Crippen LogP contribution in [0.5, 0.6) is 0 Å². The van der Waals surface area contributed by atoms with Crippen molar-refractivity contribution in [2.45, 2.75) is 38.4 Å². The zero-order valence-corrected chi connectivity index (χ0v) is 31.3. The van der Waals surface area contributed by atoms with E-state index in [2.05, 4.69) is 63.1 Å². The minimum Gasteiger partial charge on any atom is -0.384 e. The van der Waals surface area contributed by atoms with Crippen LogP contribution in [0, 0.1) is 0 Å². The second-order valence-electron chi connectivity index (χ2n) is 14.3. The number of amides is 4. The van der Waals surface area contributed by atoms with Crippen LogP contribution in [-0.2, 0) is 22.7 Å². The number of anilines is 5. The molecular formula is C39H39N15O4. The van der Waals surface area contributed by atoms with Gasteiger partial charge in [-0.15, -0.1) is 5.10 Å². The van der Waals surface area contributed by atoms with Gasteiger partial charge < -0.3 is 25.7 Å². The van der Waals surface area contributed by atoms with Crippen LogP contribution in [0.25, 0.3) is 17.0 Å². The Hall–Kier alpha value is -7.28. The Labute approximate surface area is 331 Å². The first-order chi connectivity index (χ1) is 28.3. The van der Waals surface area contributed by atoms with E-state index in [9.17, 15) is 19.2 Å². The summed E-state index contributed by atoms with van der Waals surface area (Å²) in [5.41, 5.74) is 11.6. The van der Waals surface area contributed by atoms with Gasteiger partial charge >= 0.3 is 0 Å². The molecule has 2 aromatic carbocycles. The van der Waals surface area contributed by atoms with Crippen LogP contribution in [0.1, 0.15) is 45.7 Å². The van der Waals surface area contributed by atoms with Gasteiger partial charge in [0, 0.05) is 94.1 Å². The number of piperazine rings is 1. The van der Waals surface area contributed by atoms with E-state index in [0.29, 0.717) is 60.4 Å². The number of carbonyl (C=O) groups is 4. The highest BCUT2D eigenvalue weighted by Crippen LogP contribution is 2.32. The van der Waals surface area contributed by atoms with Crippen molar-refractivity contribution in [1.82, 2.24) is 54.4 Å². The molecule has 1 unspecified atom stereocenters. The van der Waals surface area contributed by atoms with Crippen molar-refractivity contribution in [1.29, 1.82) is 0 Å². The van der Waals surface area contributed by atoms with Crippen molar-refractivity contribution >= 4 is 58.0 Å². The summed E-state index contributed by atoms with van der Waals surface area (Å²) in [6.07, 6.45) is 11.4. The van der Waals surface area contributed by atoms with E-state index >= 15 is 0 Å². The van der Waals surface area contributed by atoms with E-state index in [1.807, 2.05) is 39.8 Å². The lowest BCUT2D eigenvalue weighted by Gasteiger charge is -2.35. The van der Waals surface area contributed by atoms with Crippen LogP contribution in [0.2, 0.25) is 0 Å². The Balaban J connectivity index is 0.743. The lowest BCUT2D eigenvalue weighted by molar-refractivity contribution is -0.136. The summed E-state index contributed by atoms with van der Waals surface area (Å²) in [6, 6.07) is 12.3.